The Hall–Kier alpha value is -1.60. The average Bonchev–Trinajstić information content (AvgIpc) is 2.32. The maximum atomic E-state index is 13.5. The minimum absolute atomic E-state index is 0.123. The molecule has 0 amide bonds. The summed E-state index contributed by atoms with van der Waals surface area (Å²) in [7, 11) is 1.18. The molecule has 5 heteroatoms. The SMILES string of the molecule is COC(=O)C(C)(C#N)Cc1c(F)cccc1Cl. The smallest absolute Gasteiger partial charge is 0.326 e. The summed E-state index contributed by atoms with van der Waals surface area (Å²) in [4.78, 5) is 11.5. The second-order valence-corrected chi connectivity index (χ2v) is 4.22. The number of nitrogens with zero attached hydrogens (tertiary/aromatic N) is 1. The number of carbonyl (C=O) groups excluding carboxylic acids is 1. The molecule has 0 saturated heterocycles. The Morgan fingerprint density at radius 1 is 1.65 bits per heavy atom. The van der Waals surface area contributed by atoms with Gasteiger partial charge in [0.2, 0.25) is 0 Å². The molecule has 0 heterocycles. The van der Waals surface area contributed by atoms with E-state index in [2.05, 4.69) is 4.74 Å². The van der Waals surface area contributed by atoms with Gasteiger partial charge in [-0.05, 0) is 19.1 Å². The number of rotatable bonds is 3. The Morgan fingerprint density at radius 3 is 2.76 bits per heavy atom. The van der Waals surface area contributed by atoms with E-state index in [1.54, 1.807) is 0 Å². The van der Waals surface area contributed by atoms with Crippen LogP contribution in [-0.4, -0.2) is 13.1 Å². The second kappa shape index (κ2) is 5.15. The molecule has 0 aromatic heterocycles. The van der Waals surface area contributed by atoms with Gasteiger partial charge in [-0.15, -0.1) is 0 Å². The second-order valence-electron chi connectivity index (χ2n) is 3.81. The number of methoxy groups -OCH3 is 1. The van der Waals surface area contributed by atoms with Gasteiger partial charge in [-0.25, -0.2) is 4.39 Å². The predicted molar refractivity (Wildman–Crippen MR) is 60.9 cm³/mol. The topological polar surface area (TPSA) is 50.1 Å². The Kier molecular flexibility index (Phi) is 4.08. The number of benzene rings is 1. The number of esters is 1. The van der Waals surface area contributed by atoms with Crippen molar-refractivity contribution >= 4 is 17.6 Å². The lowest BCUT2D eigenvalue weighted by Crippen LogP contribution is -2.30. The molecule has 0 bridgehead atoms. The van der Waals surface area contributed by atoms with Crippen molar-refractivity contribution in [3.05, 3.63) is 34.6 Å². The van der Waals surface area contributed by atoms with E-state index in [4.69, 9.17) is 16.9 Å². The molecular formula is C12H11ClFNO2. The van der Waals surface area contributed by atoms with Crippen LogP contribution in [0.2, 0.25) is 5.02 Å². The molecule has 1 atom stereocenters. The fourth-order valence-electron chi connectivity index (χ4n) is 1.44. The van der Waals surface area contributed by atoms with Crippen molar-refractivity contribution < 1.29 is 13.9 Å². The first-order valence-electron chi connectivity index (χ1n) is 4.87. The first-order chi connectivity index (χ1) is 7.94. The minimum Gasteiger partial charge on any atom is -0.468 e. The molecule has 17 heavy (non-hydrogen) atoms. The largest absolute Gasteiger partial charge is 0.468 e. The third-order valence-corrected chi connectivity index (χ3v) is 2.83. The lowest BCUT2D eigenvalue weighted by atomic mass is 9.85. The van der Waals surface area contributed by atoms with E-state index in [0.717, 1.165) is 0 Å². The Bertz CT molecular complexity index is 464. The van der Waals surface area contributed by atoms with Crippen LogP contribution in [0, 0.1) is 22.6 Å². The van der Waals surface area contributed by atoms with Gasteiger partial charge in [-0.2, -0.15) is 5.26 Å². The summed E-state index contributed by atoms with van der Waals surface area (Å²) in [5.41, 5.74) is -1.30. The van der Waals surface area contributed by atoms with Gasteiger partial charge in [-0.1, -0.05) is 17.7 Å². The van der Waals surface area contributed by atoms with Gasteiger partial charge in [0.05, 0.1) is 13.2 Å². The quantitative estimate of drug-likeness (QED) is 0.781. The standard InChI is InChI=1S/C12H11ClFNO2/c1-12(7-15,11(16)17-2)6-8-9(13)4-3-5-10(8)14/h3-5H,6H2,1-2H3. The number of halogens is 2. The summed E-state index contributed by atoms with van der Waals surface area (Å²) < 4.78 is 18.1. The van der Waals surface area contributed by atoms with Gasteiger partial charge in [0.1, 0.15) is 5.82 Å². The van der Waals surface area contributed by atoms with Gasteiger partial charge in [-0.3, -0.25) is 4.79 Å². The van der Waals surface area contributed by atoms with Crippen molar-refractivity contribution in [2.24, 2.45) is 5.41 Å². The van der Waals surface area contributed by atoms with Crippen molar-refractivity contribution in [3.8, 4) is 6.07 Å². The van der Waals surface area contributed by atoms with Crippen LogP contribution in [0.15, 0.2) is 18.2 Å². The zero-order valence-corrected chi connectivity index (χ0v) is 10.2. The molecule has 0 aliphatic carbocycles. The molecule has 0 N–H and O–H groups in total. The van der Waals surface area contributed by atoms with Gasteiger partial charge in [0, 0.05) is 17.0 Å². The molecule has 0 spiro atoms. The lowest BCUT2D eigenvalue weighted by molar-refractivity contribution is -0.148. The van der Waals surface area contributed by atoms with Crippen LogP contribution in [-0.2, 0) is 16.0 Å². The molecule has 90 valence electrons. The number of carbonyl (C=O) groups is 1. The molecule has 0 aliphatic heterocycles. The van der Waals surface area contributed by atoms with Crippen LogP contribution in [0.5, 0.6) is 0 Å². The van der Waals surface area contributed by atoms with Crippen LogP contribution >= 0.6 is 11.6 Å². The summed E-state index contributed by atoms with van der Waals surface area (Å²) in [6.45, 7) is 1.39. The zero-order valence-electron chi connectivity index (χ0n) is 9.46. The molecule has 1 unspecified atom stereocenters. The third kappa shape index (κ3) is 2.75. The molecule has 0 aliphatic rings. The number of hydrogen-bond acceptors (Lipinski definition) is 3. The molecule has 1 aromatic rings. The van der Waals surface area contributed by atoms with E-state index in [-0.39, 0.29) is 17.0 Å². The summed E-state index contributed by atoms with van der Waals surface area (Å²) in [6.07, 6.45) is -0.123. The highest BCUT2D eigenvalue weighted by molar-refractivity contribution is 6.31. The van der Waals surface area contributed by atoms with Crippen molar-refractivity contribution in [1.82, 2.24) is 0 Å². The van der Waals surface area contributed by atoms with Crippen molar-refractivity contribution in [2.75, 3.05) is 7.11 Å². The van der Waals surface area contributed by atoms with Gasteiger partial charge >= 0.3 is 5.97 Å². The summed E-state index contributed by atoms with van der Waals surface area (Å²) in [5, 5.41) is 9.20. The fraction of sp³-hybridized carbons (Fsp3) is 0.333. The summed E-state index contributed by atoms with van der Waals surface area (Å²) >= 11 is 5.84. The highest BCUT2D eigenvalue weighted by Crippen LogP contribution is 2.29. The van der Waals surface area contributed by atoms with Crippen LogP contribution in [0.4, 0.5) is 4.39 Å². The van der Waals surface area contributed by atoms with Crippen LogP contribution in [0.25, 0.3) is 0 Å². The first-order valence-corrected chi connectivity index (χ1v) is 5.25. The van der Waals surface area contributed by atoms with E-state index in [1.807, 2.05) is 6.07 Å². The van der Waals surface area contributed by atoms with E-state index in [9.17, 15) is 9.18 Å². The number of hydrogen-bond donors (Lipinski definition) is 0. The minimum atomic E-state index is -1.44. The Morgan fingerprint density at radius 2 is 2.29 bits per heavy atom. The van der Waals surface area contributed by atoms with E-state index in [1.165, 1.54) is 32.2 Å². The molecule has 3 nitrogen and oxygen atoms in total. The van der Waals surface area contributed by atoms with Crippen LogP contribution in [0.3, 0.4) is 0 Å². The van der Waals surface area contributed by atoms with Crippen molar-refractivity contribution in [2.45, 2.75) is 13.3 Å². The van der Waals surface area contributed by atoms with E-state index in [0.29, 0.717) is 0 Å². The first kappa shape index (κ1) is 13.5. The molecule has 0 fully saturated rings. The van der Waals surface area contributed by atoms with E-state index < -0.39 is 17.2 Å². The van der Waals surface area contributed by atoms with Gasteiger partial charge in [0.15, 0.2) is 5.41 Å². The van der Waals surface area contributed by atoms with Crippen molar-refractivity contribution in [3.63, 3.8) is 0 Å². The fourth-order valence-corrected chi connectivity index (χ4v) is 1.67. The van der Waals surface area contributed by atoms with Crippen LogP contribution < -0.4 is 0 Å². The van der Waals surface area contributed by atoms with E-state index >= 15 is 0 Å². The lowest BCUT2D eigenvalue weighted by Gasteiger charge is -2.19. The average molecular weight is 256 g/mol. The molecule has 1 aromatic carbocycles. The zero-order chi connectivity index (χ0) is 13.1. The number of ether oxygens (including phenoxy) is 1. The Balaban J connectivity index is 3.13. The monoisotopic (exact) mass is 255 g/mol. The predicted octanol–water partition coefficient (Wildman–Crippen LogP) is 2.72. The maximum absolute atomic E-state index is 13.5. The van der Waals surface area contributed by atoms with Crippen molar-refractivity contribution in [1.29, 1.82) is 5.26 Å². The van der Waals surface area contributed by atoms with Crippen LogP contribution in [0.1, 0.15) is 12.5 Å². The normalized spacial score (nSPS) is 13.6. The highest BCUT2D eigenvalue weighted by Gasteiger charge is 2.36. The van der Waals surface area contributed by atoms with Gasteiger partial charge < -0.3 is 4.74 Å². The molecule has 0 radical (unpaired) electrons. The Labute approximate surface area is 104 Å². The molecular weight excluding hydrogens is 245 g/mol. The molecule has 0 saturated carbocycles. The number of nitriles is 1. The van der Waals surface area contributed by atoms with Gasteiger partial charge in [0.25, 0.3) is 0 Å². The maximum Gasteiger partial charge on any atom is 0.326 e. The highest BCUT2D eigenvalue weighted by atomic mass is 35.5. The molecule has 1 rings (SSSR count). The summed E-state index contributed by atoms with van der Waals surface area (Å²) in [5.74, 6) is -1.25. The third-order valence-electron chi connectivity index (χ3n) is 2.47. The summed E-state index contributed by atoms with van der Waals surface area (Å²) in [6, 6.07) is 6.03.